The maximum absolute atomic E-state index is 13.1. The molecule has 0 fully saturated rings. The standard InChI is InChI=1S/C24H26ClNO4/c1-29-23(27)20-11-7-6-10-19(20)21(24(28)30-2)22(16-8-4-3-5-9-16)26-18-14-12-17(25)13-15-18/h3-6,8-10,12-15,19-22,26H,7,11H2,1-2H3/t19-,20-,21+,22+/m0/s1. The molecule has 0 saturated carbocycles. The van der Waals surface area contributed by atoms with Gasteiger partial charge in [-0.2, -0.15) is 0 Å². The number of esters is 2. The third-order valence-electron chi connectivity index (χ3n) is 5.54. The number of halogens is 1. The van der Waals surface area contributed by atoms with Crippen molar-refractivity contribution in [2.45, 2.75) is 18.9 Å². The van der Waals surface area contributed by atoms with Crippen LogP contribution in [-0.4, -0.2) is 26.2 Å². The van der Waals surface area contributed by atoms with Crippen molar-refractivity contribution < 1.29 is 19.1 Å². The molecule has 30 heavy (non-hydrogen) atoms. The lowest BCUT2D eigenvalue weighted by atomic mass is 9.72. The summed E-state index contributed by atoms with van der Waals surface area (Å²) < 4.78 is 10.2. The zero-order chi connectivity index (χ0) is 21.5. The minimum absolute atomic E-state index is 0.309. The van der Waals surface area contributed by atoms with Gasteiger partial charge in [-0.1, -0.05) is 54.1 Å². The van der Waals surface area contributed by atoms with Gasteiger partial charge in [0.15, 0.2) is 0 Å². The number of nitrogens with one attached hydrogen (secondary N) is 1. The largest absolute Gasteiger partial charge is 0.469 e. The lowest BCUT2D eigenvalue weighted by molar-refractivity contribution is -0.153. The van der Waals surface area contributed by atoms with Gasteiger partial charge in [0.25, 0.3) is 0 Å². The molecule has 6 heteroatoms. The van der Waals surface area contributed by atoms with Crippen LogP contribution in [0.15, 0.2) is 66.7 Å². The Morgan fingerprint density at radius 1 is 1.03 bits per heavy atom. The number of carbonyl (C=O) groups excluding carboxylic acids is 2. The number of hydrogen-bond acceptors (Lipinski definition) is 5. The molecule has 2 aromatic carbocycles. The molecule has 0 spiro atoms. The molecule has 0 amide bonds. The van der Waals surface area contributed by atoms with Gasteiger partial charge in [-0.15, -0.1) is 0 Å². The van der Waals surface area contributed by atoms with Crippen molar-refractivity contribution in [2.75, 3.05) is 19.5 Å². The van der Waals surface area contributed by atoms with E-state index in [0.29, 0.717) is 11.4 Å². The molecule has 1 aliphatic rings. The van der Waals surface area contributed by atoms with Gasteiger partial charge in [-0.3, -0.25) is 9.59 Å². The maximum Gasteiger partial charge on any atom is 0.311 e. The van der Waals surface area contributed by atoms with Crippen LogP contribution in [0.5, 0.6) is 0 Å². The highest BCUT2D eigenvalue weighted by Gasteiger charge is 2.43. The van der Waals surface area contributed by atoms with Gasteiger partial charge in [-0.05, 0) is 42.7 Å². The molecular formula is C24H26ClNO4. The second-order valence-corrected chi connectivity index (χ2v) is 7.74. The number of methoxy groups -OCH3 is 2. The summed E-state index contributed by atoms with van der Waals surface area (Å²) in [7, 11) is 2.75. The van der Waals surface area contributed by atoms with Crippen LogP contribution in [0, 0.1) is 17.8 Å². The lowest BCUT2D eigenvalue weighted by Gasteiger charge is -2.36. The number of ether oxygens (including phenoxy) is 2. The van der Waals surface area contributed by atoms with Crippen molar-refractivity contribution >= 4 is 29.2 Å². The minimum Gasteiger partial charge on any atom is -0.469 e. The summed E-state index contributed by atoms with van der Waals surface area (Å²) >= 11 is 6.03. The first kappa shape index (κ1) is 21.9. The average molecular weight is 428 g/mol. The monoisotopic (exact) mass is 427 g/mol. The lowest BCUT2D eigenvalue weighted by Crippen LogP contribution is -2.40. The Kier molecular flexibility index (Phi) is 7.52. The predicted octanol–water partition coefficient (Wildman–Crippen LogP) is 5.04. The first-order valence-corrected chi connectivity index (χ1v) is 10.3. The zero-order valence-corrected chi connectivity index (χ0v) is 17.8. The summed E-state index contributed by atoms with van der Waals surface area (Å²) in [5.41, 5.74) is 1.74. The Morgan fingerprint density at radius 3 is 2.37 bits per heavy atom. The Balaban J connectivity index is 2.06. The van der Waals surface area contributed by atoms with Crippen LogP contribution in [0.3, 0.4) is 0 Å². The van der Waals surface area contributed by atoms with Crippen LogP contribution < -0.4 is 5.32 Å². The van der Waals surface area contributed by atoms with Crippen LogP contribution in [0.1, 0.15) is 24.4 Å². The van der Waals surface area contributed by atoms with E-state index >= 15 is 0 Å². The fourth-order valence-electron chi connectivity index (χ4n) is 4.07. The predicted molar refractivity (Wildman–Crippen MR) is 117 cm³/mol. The summed E-state index contributed by atoms with van der Waals surface area (Å²) in [4.78, 5) is 25.6. The van der Waals surface area contributed by atoms with E-state index < -0.39 is 17.9 Å². The van der Waals surface area contributed by atoms with E-state index in [4.69, 9.17) is 21.1 Å². The molecule has 0 radical (unpaired) electrons. The highest BCUT2D eigenvalue weighted by Crippen LogP contribution is 2.40. The van der Waals surface area contributed by atoms with Gasteiger partial charge in [-0.25, -0.2) is 0 Å². The summed E-state index contributed by atoms with van der Waals surface area (Å²) in [6.45, 7) is 0. The van der Waals surface area contributed by atoms with Crippen molar-refractivity contribution in [1.82, 2.24) is 0 Å². The fourth-order valence-corrected chi connectivity index (χ4v) is 4.20. The molecule has 3 rings (SSSR count). The zero-order valence-electron chi connectivity index (χ0n) is 17.1. The van der Waals surface area contributed by atoms with E-state index in [2.05, 4.69) is 5.32 Å². The first-order chi connectivity index (χ1) is 14.5. The SMILES string of the molecule is COC(=O)[C@H]([C@H]1C=CCC[C@@H]1C(=O)OC)[C@H](Nc1ccc(Cl)cc1)c1ccccc1. The molecule has 0 heterocycles. The summed E-state index contributed by atoms with van der Waals surface area (Å²) in [6.07, 6.45) is 5.37. The van der Waals surface area contributed by atoms with Crippen molar-refractivity contribution in [1.29, 1.82) is 0 Å². The number of benzene rings is 2. The number of carbonyl (C=O) groups is 2. The number of anilines is 1. The average Bonchev–Trinajstić information content (AvgIpc) is 2.80. The van der Waals surface area contributed by atoms with E-state index in [-0.39, 0.29) is 17.9 Å². The van der Waals surface area contributed by atoms with Gasteiger partial charge >= 0.3 is 11.9 Å². The van der Waals surface area contributed by atoms with E-state index in [0.717, 1.165) is 17.7 Å². The number of allylic oxidation sites excluding steroid dienone is 2. The van der Waals surface area contributed by atoms with E-state index in [9.17, 15) is 9.59 Å². The number of hydrogen-bond donors (Lipinski definition) is 1. The Labute approximate surface area is 182 Å². The van der Waals surface area contributed by atoms with Crippen molar-refractivity contribution in [3.05, 3.63) is 77.3 Å². The van der Waals surface area contributed by atoms with Gasteiger partial charge in [0.05, 0.1) is 32.1 Å². The molecule has 0 aromatic heterocycles. The normalized spacial score (nSPS) is 20.1. The van der Waals surface area contributed by atoms with E-state index in [1.165, 1.54) is 14.2 Å². The third kappa shape index (κ3) is 5.03. The Bertz CT molecular complexity index is 882. The van der Waals surface area contributed by atoms with E-state index in [1.807, 2.05) is 54.6 Å². The Hall–Kier alpha value is -2.79. The quantitative estimate of drug-likeness (QED) is 0.495. The molecule has 0 aliphatic heterocycles. The van der Waals surface area contributed by atoms with Crippen LogP contribution in [0.25, 0.3) is 0 Å². The maximum atomic E-state index is 13.1. The van der Waals surface area contributed by atoms with Gasteiger partial charge in [0.2, 0.25) is 0 Å². The van der Waals surface area contributed by atoms with Gasteiger partial charge in [0, 0.05) is 16.6 Å². The first-order valence-electron chi connectivity index (χ1n) is 9.94. The van der Waals surface area contributed by atoms with Crippen LogP contribution in [0.4, 0.5) is 5.69 Å². The highest BCUT2D eigenvalue weighted by molar-refractivity contribution is 6.30. The van der Waals surface area contributed by atoms with Crippen molar-refractivity contribution in [2.24, 2.45) is 17.8 Å². The van der Waals surface area contributed by atoms with Gasteiger partial charge in [0.1, 0.15) is 0 Å². The third-order valence-corrected chi connectivity index (χ3v) is 5.80. The fraction of sp³-hybridized carbons (Fsp3) is 0.333. The molecule has 0 bridgehead atoms. The molecule has 0 unspecified atom stereocenters. The number of rotatable bonds is 7. The van der Waals surface area contributed by atoms with Crippen LogP contribution in [-0.2, 0) is 19.1 Å². The molecule has 1 aliphatic carbocycles. The molecular weight excluding hydrogens is 402 g/mol. The summed E-state index contributed by atoms with van der Waals surface area (Å²) in [5.74, 6) is -2.09. The molecule has 5 nitrogen and oxygen atoms in total. The smallest absolute Gasteiger partial charge is 0.311 e. The highest BCUT2D eigenvalue weighted by atomic mass is 35.5. The molecule has 158 valence electrons. The molecule has 2 aromatic rings. The van der Waals surface area contributed by atoms with Crippen LogP contribution in [0.2, 0.25) is 5.02 Å². The topological polar surface area (TPSA) is 64.6 Å². The van der Waals surface area contributed by atoms with Crippen molar-refractivity contribution in [3.63, 3.8) is 0 Å². The second-order valence-electron chi connectivity index (χ2n) is 7.30. The molecule has 0 saturated heterocycles. The summed E-state index contributed by atoms with van der Waals surface area (Å²) in [5, 5.41) is 4.09. The molecule has 1 N–H and O–H groups in total. The summed E-state index contributed by atoms with van der Waals surface area (Å²) in [6, 6.07) is 16.6. The van der Waals surface area contributed by atoms with Crippen molar-refractivity contribution in [3.8, 4) is 0 Å². The Morgan fingerprint density at radius 2 is 1.73 bits per heavy atom. The molecule has 4 atom stereocenters. The van der Waals surface area contributed by atoms with Gasteiger partial charge < -0.3 is 14.8 Å². The second kappa shape index (κ2) is 10.3. The van der Waals surface area contributed by atoms with E-state index in [1.54, 1.807) is 12.1 Å². The van der Waals surface area contributed by atoms with Crippen LogP contribution >= 0.6 is 11.6 Å². The minimum atomic E-state index is -0.631.